The summed E-state index contributed by atoms with van der Waals surface area (Å²) in [6, 6.07) is 2.89. The van der Waals surface area contributed by atoms with Crippen LogP contribution >= 0.6 is 35.0 Å². The van der Waals surface area contributed by atoms with Crippen molar-refractivity contribution >= 4 is 51.0 Å². The highest BCUT2D eigenvalue weighted by Crippen LogP contribution is 2.37. The second kappa shape index (κ2) is 6.34. The molecule has 1 aromatic rings. The molecule has 116 valence electrons. The number of nitrogens with zero attached hydrogens (tertiary/aromatic N) is 1. The largest absolute Gasteiger partial charge is 0.480 e. The number of thioether (sulfide) groups is 1. The van der Waals surface area contributed by atoms with Crippen molar-refractivity contribution in [3.05, 3.63) is 28.2 Å². The highest BCUT2D eigenvalue weighted by Gasteiger charge is 2.45. The van der Waals surface area contributed by atoms with Crippen molar-refractivity contribution in [1.29, 1.82) is 0 Å². The van der Waals surface area contributed by atoms with E-state index in [0.717, 1.165) is 4.31 Å². The van der Waals surface area contributed by atoms with Gasteiger partial charge in [-0.2, -0.15) is 4.31 Å². The van der Waals surface area contributed by atoms with Crippen LogP contribution < -0.4 is 0 Å². The Morgan fingerprint density at radius 2 is 1.95 bits per heavy atom. The minimum Gasteiger partial charge on any atom is -0.480 e. The second-order valence-electron chi connectivity index (χ2n) is 4.49. The molecule has 2 rings (SSSR count). The normalized spacial score (nSPS) is 23.4. The maximum atomic E-state index is 12.8. The maximum Gasteiger partial charge on any atom is 0.322 e. The standard InChI is InChI=1S/C12H13Cl2NO4S2/c1-2-11-15(10(6-20-11)12(16)17)21(18,19)9-4-7(13)3-8(14)5-9/h3-5,10-11H,2,6H2,1H3,(H,16,17). The number of carboxylic acid groups (broad SMARTS) is 1. The highest BCUT2D eigenvalue weighted by atomic mass is 35.5. The van der Waals surface area contributed by atoms with Gasteiger partial charge < -0.3 is 5.11 Å². The fraction of sp³-hybridized carbons (Fsp3) is 0.417. The highest BCUT2D eigenvalue weighted by molar-refractivity contribution is 8.01. The van der Waals surface area contributed by atoms with E-state index in [4.69, 9.17) is 23.2 Å². The topological polar surface area (TPSA) is 74.7 Å². The summed E-state index contributed by atoms with van der Waals surface area (Å²) in [5, 5.41) is 9.21. The Morgan fingerprint density at radius 3 is 2.43 bits per heavy atom. The minimum absolute atomic E-state index is 0.0906. The van der Waals surface area contributed by atoms with E-state index in [1.54, 1.807) is 0 Å². The van der Waals surface area contributed by atoms with Crippen molar-refractivity contribution in [2.24, 2.45) is 0 Å². The van der Waals surface area contributed by atoms with Crippen molar-refractivity contribution in [1.82, 2.24) is 4.31 Å². The number of carbonyl (C=O) groups is 1. The molecule has 0 bridgehead atoms. The van der Waals surface area contributed by atoms with Crippen molar-refractivity contribution in [3.8, 4) is 0 Å². The number of aliphatic carboxylic acids is 1. The van der Waals surface area contributed by atoms with Crippen LogP contribution in [0.25, 0.3) is 0 Å². The van der Waals surface area contributed by atoms with Gasteiger partial charge in [0.25, 0.3) is 0 Å². The molecule has 0 radical (unpaired) electrons. The van der Waals surface area contributed by atoms with Gasteiger partial charge in [-0.1, -0.05) is 30.1 Å². The molecule has 1 heterocycles. The molecule has 9 heteroatoms. The van der Waals surface area contributed by atoms with Crippen LogP contribution in [0.5, 0.6) is 0 Å². The lowest BCUT2D eigenvalue weighted by atomic mass is 10.3. The van der Waals surface area contributed by atoms with Crippen LogP contribution in [0.1, 0.15) is 13.3 Å². The first-order chi connectivity index (χ1) is 9.77. The van der Waals surface area contributed by atoms with Gasteiger partial charge in [-0.15, -0.1) is 11.8 Å². The van der Waals surface area contributed by atoms with Gasteiger partial charge in [-0.3, -0.25) is 4.79 Å². The second-order valence-corrected chi connectivity index (χ2v) is 8.42. The fourth-order valence-corrected chi connectivity index (χ4v) is 6.41. The summed E-state index contributed by atoms with van der Waals surface area (Å²) in [4.78, 5) is 11.2. The predicted molar refractivity (Wildman–Crippen MR) is 83.4 cm³/mol. The average molecular weight is 370 g/mol. The molecule has 1 aliphatic heterocycles. The monoisotopic (exact) mass is 369 g/mol. The molecular formula is C12H13Cl2NO4S2. The zero-order chi connectivity index (χ0) is 15.8. The SMILES string of the molecule is CCC1SCC(C(=O)O)N1S(=O)(=O)c1cc(Cl)cc(Cl)c1. The van der Waals surface area contributed by atoms with Crippen molar-refractivity contribution in [3.63, 3.8) is 0 Å². The van der Waals surface area contributed by atoms with Gasteiger partial charge in [0.05, 0.1) is 10.3 Å². The first-order valence-corrected chi connectivity index (χ1v) is 9.36. The number of hydrogen-bond donors (Lipinski definition) is 1. The van der Waals surface area contributed by atoms with E-state index in [2.05, 4.69) is 0 Å². The van der Waals surface area contributed by atoms with Gasteiger partial charge in [0, 0.05) is 15.8 Å². The number of sulfonamides is 1. The van der Waals surface area contributed by atoms with E-state index in [0.29, 0.717) is 6.42 Å². The Bertz CT molecular complexity index is 645. The number of carboxylic acids is 1. The molecule has 0 spiro atoms. The Balaban J connectivity index is 2.51. The number of halogens is 2. The Kier molecular flexibility index (Phi) is 5.10. The summed E-state index contributed by atoms with van der Waals surface area (Å²) >= 11 is 13.0. The van der Waals surface area contributed by atoms with Gasteiger partial charge >= 0.3 is 5.97 Å². The van der Waals surface area contributed by atoms with E-state index in [1.165, 1.54) is 30.0 Å². The van der Waals surface area contributed by atoms with Gasteiger partial charge in [0.1, 0.15) is 6.04 Å². The van der Waals surface area contributed by atoms with Crippen LogP contribution in [0.3, 0.4) is 0 Å². The summed E-state index contributed by atoms with van der Waals surface area (Å²) in [6.45, 7) is 1.81. The Hall–Kier alpha value is -0.470. The van der Waals surface area contributed by atoms with E-state index < -0.39 is 27.4 Å². The lowest BCUT2D eigenvalue weighted by Crippen LogP contribution is -2.45. The molecule has 0 amide bonds. The molecule has 21 heavy (non-hydrogen) atoms. The van der Waals surface area contributed by atoms with Gasteiger partial charge in [-0.05, 0) is 24.6 Å². The van der Waals surface area contributed by atoms with Crippen LogP contribution in [0.4, 0.5) is 0 Å². The van der Waals surface area contributed by atoms with Gasteiger partial charge in [0.15, 0.2) is 0 Å². The van der Waals surface area contributed by atoms with Crippen molar-refractivity contribution < 1.29 is 18.3 Å². The van der Waals surface area contributed by atoms with Crippen LogP contribution in [-0.4, -0.2) is 41.0 Å². The van der Waals surface area contributed by atoms with Crippen molar-refractivity contribution in [2.75, 3.05) is 5.75 Å². The predicted octanol–water partition coefficient (Wildman–Crippen LogP) is 2.92. The molecule has 5 nitrogen and oxygen atoms in total. The quantitative estimate of drug-likeness (QED) is 0.882. The molecule has 1 aromatic carbocycles. The molecule has 2 unspecified atom stereocenters. The third-order valence-corrected chi connectivity index (χ3v) is 7.00. The summed E-state index contributed by atoms with van der Waals surface area (Å²) in [5.41, 5.74) is 0. The minimum atomic E-state index is -3.98. The van der Waals surface area contributed by atoms with Crippen LogP contribution in [-0.2, 0) is 14.8 Å². The van der Waals surface area contributed by atoms with Crippen LogP contribution in [0, 0.1) is 0 Å². The zero-order valence-electron chi connectivity index (χ0n) is 11.0. The maximum absolute atomic E-state index is 12.8. The molecule has 1 aliphatic rings. The molecule has 1 fully saturated rings. The van der Waals surface area contributed by atoms with Gasteiger partial charge in [0.2, 0.25) is 10.0 Å². The zero-order valence-corrected chi connectivity index (χ0v) is 14.1. The fourth-order valence-electron chi connectivity index (χ4n) is 2.15. The Morgan fingerprint density at radius 1 is 1.38 bits per heavy atom. The molecule has 2 atom stereocenters. The van der Waals surface area contributed by atoms with E-state index in [-0.39, 0.29) is 20.7 Å². The summed E-state index contributed by atoms with van der Waals surface area (Å²) in [6.07, 6.45) is 0.516. The number of rotatable bonds is 4. The lowest BCUT2D eigenvalue weighted by molar-refractivity contribution is -0.140. The molecule has 0 saturated carbocycles. The molecule has 1 N–H and O–H groups in total. The third-order valence-electron chi connectivity index (χ3n) is 3.08. The summed E-state index contributed by atoms with van der Waals surface area (Å²) < 4.78 is 26.6. The first-order valence-electron chi connectivity index (χ1n) is 6.11. The summed E-state index contributed by atoms with van der Waals surface area (Å²) in [5.74, 6) is -0.934. The number of hydrogen-bond acceptors (Lipinski definition) is 4. The molecule has 0 aliphatic carbocycles. The average Bonchev–Trinajstić information content (AvgIpc) is 2.82. The van der Waals surface area contributed by atoms with E-state index in [9.17, 15) is 18.3 Å². The van der Waals surface area contributed by atoms with Crippen LogP contribution in [0.15, 0.2) is 23.1 Å². The van der Waals surface area contributed by atoms with Gasteiger partial charge in [-0.25, -0.2) is 8.42 Å². The van der Waals surface area contributed by atoms with E-state index in [1.807, 2.05) is 6.92 Å². The molecule has 0 aromatic heterocycles. The number of benzene rings is 1. The third kappa shape index (κ3) is 3.32. The summed E-state index contributed by atoms with van der Waals surface area (Å²) in [7, 11) is -3.98. The van der Waals surface area contributed by atoms with Crippen molar-refractivity contribution in [2.45, 2.75) is 29.7 Å². The first kappa shape index (κ1) is 16.9. The van der Waals surface area contributed by atoms with Crippen LogP contribution in [0.2, 0.25) is 10.0 Å². The Labute approximate surface area is 137 Å². The molecule has 1 saturated heterocycles. The van der Waals surface area contributed by atoms with E-state index >= 15 is 0 Å². The smallest absolute Gasteiger partial charge is 0.322 e. The lowest BCUT2D eigenvalue weighted by Gasteiger charge is -2.25. The molecular weight excluding hydrogens is 357 g/mol.